The summed E-state index contributed by atoms with van der Waals surface area (Å²) >= 11 is 5.18. The average Bonchev–Trinajstić information content (AvgIpc) is 2.29. The second kappa shape index (κ2) is 6.76. The van der Waals surface area contributed by atoms with Gasteiger partial charge in [0.1, 0.15) is 0 Å². The van der Waals surface area contributed by atoms with E-state index in [1.807, 2.05) is 11.9 Å². The average molecular weight is 259 g/mol. The Hall–Kier alpha value is -0.880. The lowest BCUT2D eigenvalue weighted by molar-refractivity contribution is 0.154. The maximum atomic E-state index is 11.2. The van der Waals surface area contributed by atoms with Gasteiger partial charge in [0.15, 0.2) is 5.11 Å². The van der Waals surface area contributed by atoms with E-state index >= 15 is 0 Å². The van der Waals surface area contributed by atoms with E-state index in [0.29, 0.717) is 17.8 Å². The van der Waals surface area contributed by atoms with Crippen LogP contribution >= 0.6 is 12.2 Å². The second-order valence-electron chi connectivity index (χ2n) is 4.30. The fraction of sp³-hybridized carbons (Fsp3) is 0.818. The Balaban J connectivity index is 2.38. The normalized spacial score (nSPS) is 17.6. The molecule has 1 fully saturated rings. The molecule has 0 aromatic heterocycles. The number of ether oxygens (including phenoxy) is 1. The summed E-state index contributed by atoms with van der Waals surface area (Å²) in [5.41, 5.74) is 0. The van der Waals surface area contributed by atoms with Crippen molar-refractivity contribution in [2.75, 3.05) is 33.8 Å². The predicted octanol–water partition coefficient (Wildman–Crippen LogP) is 1.04. The predicted molar refractivity (Wildman–Crippen MR) is 71.0 cm³/mol. The molecule has 0 bridgehead atoms. The molecule has 17 heavy (non-hydrogen) atoms. The lowest BCUT2D eigenvalue weighted by Crippen LogP contribution is -2.49. The van der Waals surface area contributed by atoms with Gasteiger partial charge in [-0.05, 0) is 52.1 Å². The third kappa shape index (κ3) is 4.47. The number of hydrogen-bond donors (Lipinski definition) is 1. The van der Waals surface area contributed by atoms with Crippen LogP contribution in [0, 0.1) is 0 Å². The molecular formula is C11H21N3O2S. The molecule has 98 valence electrons. The Kier molecular flexibility index (Phi) is 5.64. The van der Waals surface area contributed by atoms with Gasteiger partial charge >= 0.3 is 6.09 Å². The van der Waals surface area contributed by atoms with Crippen LogP contribution < -0.4 is 5.32 Å². The molecule has 5 nitrogen and oxygen atoms in total. The number of carbonyl (C=O) groups is 1. The second-order valence-corrected chi connectivity index (χ2v) is 4.68. The fourth-order valence-corrected chi connectivity index (χ4v) is 2.12. The zero-order chi connectivity index (χ0) is 12.8. The first-order valence-electron chi connectivity index (χ1n) is 5.93. The van der Waals surface area contributed by atoms with E-state index in [-0.39, 0.29) is 0 Å². The van der Waals surface area contributed by atoms with Crippen LogP contribution in [0.2, 0.25) is 0 Å². The summed E-state index contributed by atoms with van der Waals surface area (Å²) in [5, 5.41) is 3.01. The van der Waals surface area contributed by atoms with Crippen molar-refractivity contribution < 1.29 is 9.53 Å². The molecule has 0 saturated carbocycles. The van der Waals surface area contributed by atoms with Gasteiger partial charge in [-0.1, -0.05) is 0 Å². The SMILES string of the molecule is CCOC(=O)NC(=S)N(C)C1CCN(C)CC1. The van der Waals surface area contributed by atoms with Crippen LogP contribution in [0.5, 0.6) is 0 Å². The Morgan fingerprint density at radius 2 is 2.12 bits per heavy atom. The van der Waals surface area contributed by atoms with Crippen molar-refractivity contribution in [1.82, 2.24) is 15.1 Å². The molecule has 1 heterocycles. The summed E-state index contributed by atoms with van der Waals surface area (Å²) in [6, 6.07) is 0.403. The molecule has 0 atom stereocenters. The fourth-order valence-electron chi connectivity index (χ4n) is 1.89. The van der Waals surface area contributed by atoms with Crippen molar-refractivity contribution in [3.8, 4) is 0 Å². The first-order chi connectivity index (χ1) is 8.04. The van der Waals surface area contributed by atoms with Crippen LogP contribution in [0.15, 0.2) is 0 Å². The zero-order valence-electron chi connectivity index (χ0n) is 10.7. The van der Waals surface area contributed by atoms with E-state index in [0.717, 1.165) is 25.9 Å². The molecule has 0 aromatic carbocycles. The third-order valence-electron chi connectivity index (χ3n) is 3.04. The molecule has 1 aliphatic heterocycles. The number of alkyl carbamates (subject to hydrolysis) is 1. The van der Waals surface area contributed by atoms with Gasteiger partial charge in [-0.3, -0.25) is 5.32 Å². The minimum atomic E-state index is -0.475. The molecule has 1 aliphatic rings. The van der Waals surface area contributed by atoms with E-state index in [9.17, 15) is 4.79 Å². The standard InChI is InChI=1S/C11H21N3O2S/c1-4-16-11(15)12-10(17)14(3)9-5-7-13(2)8-6-9/h9H,4-8H2,1-3H3,(H,12,15,17). The van der Waals surface area contributed by atoms with Gasteiger partial charge < -0.3 is 14.5 Å². The van der Waals surface area contributed by atoms with Gasteiger partial charge in [-0.25, -0.2) is 4.79 Å². The number of nitrogens with one attached hydrogen (secondary N) is 1. The maximum Gasteiger partial charge on any atom is 0.413 e. The summed E-state index contributed by atoms with van der Waals surface area (Å²) in [6.45, 7) is 4.25. The molecule has 0 aromatic rings. The van der Waals surface area contributed by atoms with Gasteiger partial charge in [0.25, 0.3) is 0 Å². The van der Waals surface area contributed by atoms with E-state index in [4.69, 9.17) is 17.0 Å². The molecule has 0 aliphatic carbocycles. The first-order valence-corrected chi connectivity index (χ1v) is 6.34. The van der Waals surface area contributed by atoms with Crippen LogP contribution in [0.1, 0.15) is 19.8 Å². The molecular weight excluding hydrogens is 238 g/mol. The summed E-state index contributed by atoms with van der Waals surface area (Å²) in [4.78, 5) is 15.5. The van der Waals surface area contributed by atoms with E-state index in [1.165, 1.54) is 0 Å². The van der Waals surface area contributed by atoms with Gasteiger partial charge in [-0.2, -0.15) is 0 Å². The van der Waals surface area contributed by atoms with Crippen LogP contribution in [0.4, 0.5) is 4.79 Å². The van der Waals surface area contributed by atoms with E-state index in [2.05, 4.69) is 17.3 Å². The largest absolute Gasteiger partial charge is 0.450 e. The van der Waals surface area contributed by atoms with Crippen molar-refractivity contribution in [3.63, 3.8) is 0 Å². The van der Waals surface area contributed by atoms with Crippen LogP contribution in [-0.2, 0) is 4.74 Å². The number of thiocarbonyl (C=S) groups is 1. The summed E-state index contributed by atoms with van der Waals surface area (Å²) in [6.07, 6.45) is 1.66. The minimum Gasteiger partial charge on any atom is -0.450 e. The molecule has 1 rings (SSSR count). The quantitative estimate of drug-likeness (QED) is 0.751. The van der Waals surface area contributed by atoms with Crippen molar-refractivity contribution in [2.24, 2.45) is 0 Å². The zero-order valence-corrected chi connectivity index (χ0v) is 11.5. The smallest absolute Gasteiger partial charge is 0.413 e. The Bertz CT molecular complexity index is 278. The Morgan fingerprint density at radius 3 is 2.65 bits per heavy atom. The maximum absolute atomic E-state index is 11.2. The lowest BCUT2D eigenvalue weighted by atomic mass is 10.0. The first kappa shape index (κ1) is 14.2. The van der Waals surface area contributed by atoms with Crippen LogP contribution in [0.3, 0.4) is 0 Å². The van der Waals surface area contributed by atoms with E-state index < -0.39 is 6.09 Å². The number of hydrogen-bond acceptors (Lipinski definition) is 4. The monoisotopic (exact) mass is 259 g/mol. The number of likely N-dealkylation sites (tertiary alicyclic amines) is 1. The molecule has 0 spiro atoms. The molecule has 6 heteroatoms. The van der Waals surface area contributed by atoms with Crippen molar-refractivity contribution >= 4 is 23.4 Å². The van der Waals surface area contributed by atoms with Crippen LogP contribution in [-0.4, -0.2) is 60.8 Å². The van der Waals surface area contributed by atoms with Crippen molar-refractivity contribution in [1.29, 1.82) is 0 Å². The van der Waals surface area contributed by atoms with Gasteiger partial charge in [-0.15, -0.1) is 0 Å². The summed E-state index contributed by atoms with van der Waals surface area (Å²) < 4.78 is 4.79. The number of carbonyl (C=O) groups excluding carboxylic acids is 1. The van der Waals surface area contributed by atoms with Gasteiger partial charge in [0.05, 0.1) is 6.61 Å². The van der Waals surface area contributed by atoms with Crippen LogP contribution in [0.25, 0.3) is 0 Å². The topological polar surface area (TPSA) is 44.8 Å². The number of rotatable bonds is 2. The van der Waals surface area contributed by atoms with Gasteiger partial charge in [0, 0.05) is 13.1 Å². The highest BCUT2D eigenvalue weighted by Crippen LogP contribution is 2.14. The van der Waals surface area contributed by atoms with Crippen molar-refractivity contribution in [3.05, 3.63) is 0 Å². The van der Waals surface area contributed by atoms with Gasteiger partial charge in [0.2, 0.25) is 0 Å². The summed E-state index contributed by atoms with van der Waals surface area (Å²) in [5.74, 6) is 0. The Labute approximate surface area is 108 Å². The number of piperidine rings is 1. The van der Waals surface area contributed by atoms with Crippen molar-refractivity contribution in [2.45, 2.75) is 25.8 Å². The number of nitrogens with zero attached hydrogens (tertiary/aromatic N) is 2. The minimum absolute atomic E-state index is 0.354. The number of amides is 1. The highest BCUT2D eigenvalue weighted by Gasteiger charge is 2.22. The Morgan fingerprint density at radius 1 is 1.53 bits per heavy atom. The molecule has 1 amide bonds. The molecule has 0 radical (unpaired) electrons. The molecule has 1 N–H and O–H groups in total. The third-order valence-corrected chi connectivity index (χ3v) is 3.43. The van der Waals surface area contributed by atoms with E-state index in [1.54, 1.807) is 6.92 Å². The highest BCUT2D eigenvalue weighted by molar-refractivity contribution is 7.80. The summed E-state index contributed by atoms with van der Waals surface area (Å²) in [7, 11) is 4.04. The molecule has 1 saturated heterocycles. The molecule has 0 unspecified atom stereocenters. The lowest BCUT2D eigenvalue weighted by Gasteiger charge is -2.36. The highest BCUT2D eigenvalue weighted by atomic mass is 32.1.